The number of hydrogen-bond donors (Lipinski definition) is 0. The van der Waals surface area contributed by atoms with Crippen LogP contribution in [0.15, 0.2) is 36.2 Å². The minimum absolute atomic E-state index is 0.175. The molecule has 0 unspecified atom stereocenters. The van der Waals surface area contributed by atoms with Crippen LogP contribution in [0.2, 0.25) is 0 Å². The molecule has 0 bridgehead atoms. The Morgan fingerprint density at radius 2 is 1.69 bits per heavy atom. The fourth-order valence-corrected chi connectivity index (χ4v) is 4.34. The molecular formula is C22H27F2NO. The molecule has 2 aliphatic carbocycles. The molecule has 0 heterocycles. The van der Waals surface area contributed by atoms with Crippen molar-refractivity contribution in [3.63, 3.8) is 0 Å². The summed E-state index contributed by atoms with van der Waals surface area (Å²) >= 11 is 0. The smallest absolute Gasteiger partial charge is 0.196 e. The molecular weight excluding hydrogens is 332 g/mol. The van der Waals surface area contributed by atoms with Crippen LogP contribution in [0.25, 0.3) is 0 Å². The van der Waals surface area contributed by atoms with Gasteiger partial charge in [0.1, 0.15) is 11.9 Å². The largest absolute Gasteiger partial charge is 0.378 e. The van der Waals surface area contributed by atoms with Gasteiger partial charge in [-0.15, -0.1) is 0 Å². The van der Waals surface area contributed by atoms with Crippen LogP contribution in [0, 0.1) is 29.0 Å². The minimum Gasteiger partial charge on any atom is -0.378 e. The Balaban J connectivity index is 1.36. The SMILES string of the molecule is N#C/C(F)=C\C1CCC(COC2CCC(c3ccc(F)cc3)CC2)CC1. The maximum absolute atomic E-state index is 13.0. The molecule has 0 radical (unpaired) electrons. The molecule has 26 heavy (non-hydrogen) atoms. The molecule has 1 aromatic carbocycles. The molecule has 0 aromatic heterocycles. The molecule has 0 amide bonds. The van der Waals surface area contributed by atoms with Crippen LogP contribution in [0.4, 0.5) is 8.78 Å². The monoisotopic (exact) mass is 359 g/mol. The molecule has 0 spiro atoms. The summed E-state index contributed by atoms with van der Waals surface area (Å²) in [6.07, 6.45) is 10.1. The quantitative estimate of drug-likeness (QED) is 0.599. The van der Waals surface area contributed by atoms with Crippen molar-refractivity contribution in [3.8, 4) is 6.07 Å². The van der Waals surface area contributed by atoms with Crippen molar-refractivity contribution in [2.45, 2.75) is 63.4 Å². The van der Waals surface area contributed by atoms with Gasteiger partial charge in [-0.25, -0.2) is 4.39 Å². The van der Waals surface area contributed by atoms with Crippen LogP contribution >= 0.6 is 0 Å². The highest BCUT2D eigenvalue weighted by atomic mass is 19.1. The zero-order chi connectivity index (χ0) is 18.4. The summed E-state index contributed by atoms with van der Waals surface area (Å²) in [4.78, 5) is 0. The molecule has 1 aromatic rings. The van der Waals surface area contributed by atoms with Gasteiger partial charge in [0.05, 0.1) is 6.10 Å². The van der Waals surface area contributed by atoms with E-state index in [9.17, 15) is 8.78 Å². The van der Waals surface area contributed by atoms with E-state index in [2.05, 4.69) is 0 Å². The van der Waals surface area contributed by atoms with Crippen molar-refractivity contribution < 1.29 is 13.5 Å². The summed E-state index contributed by atoms with van der Waals surface area (Å²) in [6, 6.07) is 8.47. The van der Waals surface area contributed by atoms with Gasteiger partial charge >= 0.3 is 0 Å². The second-order valence-corrected chi connectivity index (χ2v) is 7.77. The van der Waals surface area contributed by atoms with Crippen LogP contribution in [0.3, 0.4) is 0 Å². The van der Waals surface area contributed by atoms with Gasteiger partial charge in [0, 0.05) is 6.61 Å². The lowest BCUT2D eigenvalue weighted by molar-refractivity contribution is -0.00340. The number of benzene rings is 1. The maximum atomic E-state index is 13.0. The number of allylic oxidation sites excluding steroid dienone is 2. The third-order valence-electron chi connectivity index (χ3n) is 5.96. The zero-order valence-electron chi connectivity index (χ0n) is 15.2. The molecule has 4 heteroatoms. The van der Waals surface area contributed by atoms with E-state index in [-0.39, 0.29) is 11.7 Å². The van der Waals surface area contributed by atoms with Gasteiger partial charge in [0.25, 0.3) is 0 Å². The minimum atomic E-state index is -0.650. The summed E-state index contributed by atoms with van der Waals surface area (Å²) in [6.45, 7) is 0.795. The van der Waals surface area contributed by atoms with E-state index in [0.29, 0.717) is 17.9 Å². The normalized spacial score (nSPS) is 30.0. The molecule has 2 nitrogen and oxygen atoms in total. The van der Waals surface area contributed by atoms with E-state index in [1.165, 1.54) is 11.6 Å². The van der Waals surface area contributed by atoms with E-state index in [1.807, 2.05) is 12.1 Å². The molecule has 0 atom stereocenters. The molecule has 2 saturated carbocycles. The highest BCUT2D eigenvalue weighted by molar-refractivity contribution is 5.21. The first-order chi connectivity index (χ1) is 12.6. The second kappa shape index (κ2) is 9.28. The Labute approximate surface area is 154 Å². The Hall–Kier alpha value is -1.73. The van der Waals surface area contributed by atoms with Gasteiger partial charge in [-0.1, -0.05) is 12.1 Å². The first-order valence-electron chi connectivity index (χ1n) is 9.78. The van der Waals surface area contributed by atoms with Crippen molar-refractivity contribution >= 4 is 0 Å². The highest BCUT2D eigenvalue weighted by Gasteiger charge is 2.25. The standard InChI is InChI=1S/C22H27F2NO/c23-20-9-5-18(6-10-20)19-7-11-22(12-8-19)26-15-17-3-1-16(2-4-17)13-21(24)14-25/h5-6,9-10,13,16-17,19,22H,1-4,7-8,11-12,15H2/b21-13+. The first-order valence-corrected chi connectivity index (χ1v) is 9.78. The summed E-state index contributed by atoms with van der Waals surface area (Å²) in [5, 5.41) is 8.52. The Morgan fingerprint density at radius 3 is 2.31 bits per heavy atom. The third-order valence-corrected chi connectivity index (χ3v) is 5.96. The first kappa shape index (κ1) is 19.0. The predicted molar refractivity (Wildman–Crippen MR) is 97.6 cm³/mol. The van der Waals surface area contributed by atoms with E-state index in [4.69, 9.17) is 10.00 Å². The lowest BCUT2D eigenvalue weighted by Gasteiger charge is -2.32. The van der Waals surface area contributed by atoms with Crippen molar-refractivity contribution in [1.29, 1.82) is 5.26 Å². The van der Waals surface area contributed by atoms with E-state index in [0.717, 1.165) is 58.0 Å². The van der Waals surface area contributed by atoms with Crippen LogP contribution in [0.1, 0.15) is 62.8 Å². The molecule has 140 valence electrons. The van der Waals surface area contributed by atoms with Gasteiger partial charge in [-0.05, 0) is 92.9 Å². The van der Waals surface area contributed by atoms with Gasteiger partial charge in [0.15, 0.2) is 5.83 Å². The average molecular weight is 359 g/mol. The molecule has 0 saturated heterocycles. The lowest BCUT2D eigenvalue weighted by Crippen LogP contribution is -2.25. The van der Waals surface area contributed by atoms with E-state index < -0.39 is 5.83 Å². The summed E-state index contributed by atoms with van der Waals surface area (Å²) in [5.41, 5.74) is 1.24. The lowest BCUT2D eigenvalue weighted by atomic mass is 9.81. The number of halogens is 2. The Bertz CT molecular complexity index is 633. The van der Waals surface area contributed by atoms with Gasteiger partial charge < -0.3 is 4.74 Å². The fraction of sp³-hybridized carbons (Fsp3) is 0.591. The van der Waals surface area contributed by atoms with Crippen molar-refractivity contribution in [1.82, 2.24) is 0 Å². The predicted octanol–water partition coefficient (Wildman–Crippen LogP) is 6.05. The van der Waals surface area contributed by atoms with Crippen LogP contribution in [0.5, 0.6) is 0 Å². The summed E-state index contributed by atoms with van der Waals surface area (Å²) < 4.78 is 32.2. The molecule has 2 aliphatic rings. The van der Waals surface area contributed by atoms with Gasteiger partial charge in [-0.3, -0.25) is 0 Å². The van der Waals surface area contributed by atoms with Crippen molar-refractivity contribution in [2.75, 3.05) is 6.61 Å². The van der Waals surface area contributed by atoms with Gasteiger partial charge in [-0.2, -0.15) is 9.65 Å². The molecule has 0 aliphatic heterocycles. The van der Waals surface area contributed by atoms with E-state index in [1.54, 1.807) is 18.2 Å². The van der Waals surface area contributed by atoms with Crippen molar-refractivity contribution in [2.24, 2.45) is 11.8 Å². The van der Waals surface area contributed by atoms with Gasteiger partial charge in [0.2, 0.25) is 0 Å². The Kier molecular flexibility index (Phi) is 6.80. The second-order valence-electron chi connectivity index (χ2n) is 7.77. The highest BCUT2D eigenvalue weighted by Crippen LogP contribution is 2.35. The fourth-order valence-electron chi connectivity index (χ4n) is 4.34. The molecule has 0 N–H and O–H groups in total. The maximum Gasteiger partial charge on any atom is 0.196 e. The third kappa shape index (κ3) is 5.38. The van der Waals surface area contributed by atoms with Crippen molar-refractivity contribution in [3.05, 3.63) is 47.5 Å². The van der Waals surface area contributed by atoms with Crippen LogP contribution in [-0.4, -0.2) is 12.7 Å². The van der Waals surface area contributed by atoms with Crippen LogP contribution < -0.4 is 0 Å². The molecule has 2 fully saturated rings. The van der Waals surface area contributed by atoms with E-state index >= 15 is 0 Å². The number of ether oxygens (including phenoxy) is 1. The number of hydrogen-bond acceptors (Lipinski definition) is 2. The summed E-state index contributed by atoms with van der Waals surface area (Å²) in [7, 11) is 0. The number of rotatable bonds is 5. The van der Waals surface area contributed by atoms with Crippen LogP contribution in [-0.2, 0) is 4.74 Å². The summed E-state index contributed by atoms with van der Waals surface area (Å²) in [5.74, 6) is 0.457. The Morgan fingerprint density at radius 1 is 1.04 bits per heavy atom. The topological polar surface area (TPSA) is 33.0 Å². The number of nitrogens with zero attached hydrogens (tertiary/aromatic N) is 1. The number of nitriles is 1. The average Bonchev–Trinajstić information content (AvgIpc) is 2.68. The zero-order valence-corrected chi connectivity index (χ0v) is 15.2. The molecule has 3 rings (SSSR count).